The number of hydrogen-bond acceptors (Lipinski definition) is 3. The minimum Gasteiger partial charge on any atom is -0.364 e. The highest BCUT2D eigenvalue weighted by Gasteiger charge is 2.07. The van der Waals surface area contributed by atoms with E-state index in [1.54, 1.807) is 6.26 Å². The lowest BCUT2D eigenvalue weighted by atomic mass is 10.2. The Morgan fingerprint density at radius 3 is 2.94 bits per heavy atom. The Hall–Kier alpha value is -2.10. The van der Waals surface area contributed by atoms with Gasteiger partial charge >= 0.3 is 0 Å². The van der Waals surface area contributed by atoms with Crippen molar-refractivity contribution in [2.45, 2.75) is 20.4 Å². The van der Waals surface area contributed by atoms with Crippen LogP contribution in [0.15, 0.2) is 35.3 Å². The van der Waals surface area contributed by atoms with Crippen LogP contribution in [0.4, 0.5) is 0 Å². The molecule has 4 heteroatoms. The molecule has 2 heterocycles. The molecule has 2 aromatic heterocycles. The van der Waals surface area contributed by atoms with Gasteiger partial charge in [-0.05, 0) is 31.5 Å². The standard InChI is InChI=1S/C13H13N3O/c1-9-3-4-11-13(5-9)16(8-14-11)6-12-10(2)7-17-15-12/h3-5,7-8H,6H2,1-2H3. The van der Waals surface area contributed by atoms with Crippen LogP contribution >= 0.6 is 0 Å². The Bertz CT molecular complexity index is 666. The SMILES string of the molecule is Cc1ccc2ncn(Cc3nocc3C)c2c1. The van der Waals surface area contributed by atoms with E-state index in [1.165, 1.54) is 5.56 Å². The third-order valence-corrected chi connectivity index (χ3v) is 2.94. The minimum absolute atomic E-state index is 0.697. The lowest BCUT2D eigenvalue weighted by Crippen LogP contribution is -1.99. The fourth-order valence-electron chi connectivity index (χ4n) is 1.92. The van der Waals surface area contributed by atoms with Gasteiger partial charge in [0.25, 0.3) is 0 Å². The van der Waals surface area contributed by atoms with Crippen LogP contribution < -0.4 is 0 Å². The van der Waals surface area contributed by atoms with Crippen molar-refractivity contribution >= 4 is 11.0 Å². The van der Waals surface area contributed by atoms with Gasteiger partial charge in [-0.2, -0.15) is 0 Å². The van der Waals surface area contributed by atoms with Gasteiger partial charge in [-0.15, -0.1) is 0 Å². The van der Waals surface area contributed by atoms with Crippen LogP contribution in [0.1, 0.15) is 16.8 Å². The van der Waals surface area contributed by atoms with Gasteiger partial charge in [0.05, 0.1) is 23.9 Å². The summed E-state index contributed by atoms with van der Waals surface area (Å²) in [5.74, 6) is 0. The summed E-state index contributed by atoms with van der Waals surface area (Å²) >= 11 is 0. The van der Waals surface area contributed by atoms with Gasteiger partial charge < -0.3 is 9.09 Å². The molecule has 3 rings (SSSR count). The van der Waals surface area contributed by atoms with Crippen LogP contribution in [0.5, 0.6) is 0 Å². The van der Waals surface area contributed by atoms with Gasteiger partial charge in [0.2, 0.25) is 0 Å². The molecule has 4 nitrogen and oxygen atoms in total. The van der Waals surface area contributed by atoms with Gasteiger partial charge in [0.1, 0.15) is 12.0 Å². The first-order valence-electron chi connectivity index (χ1n) is 5.55. The van der Waals surface area contributed by atoms with Crippen molar-refractivity contribution < 1.29 is 4.52 Å². The molecule has 0 fully saturated rings. The molecule has 0 spiro atoms. The maximum Gasteiger partial charge on any atom is 0.127 e. The van der Waals surface area contributed by atoms with E-state index >= 15 is 0 Å². The summed E-state index contributed by atoms with van der Waals surface area (Å²) in [5.41, 5.74) is 5.39. The van der Waals surface area contributed by atoms with E-state index in [0.29, 0.717) is 6.54 Å². The molecule has 0 saturated carbocycles. The van der Waals surface area contributed by atoms with Crippen molar-refractivity contribution in [3.63, 3.8) is 0 Å². The van der Waals surface area contributed by atoms with Gasteiger partial charge in [-0.25, -0.2) is 4.98 Å². The number of benzene rings is 1. The highest BCUT2D eigenvalue weighted by molar-refractivity contribution is 5.76. The summed E-state index contributed by atoms with van der Waals surface area (Å²) < 4.78 is 7.04. The predicted octanol–water partition coefficient (Wildman–Crippen LogP) is 2.69. The van der Waals surface area contributed by atoms with Gasteiger partial charge in [-0.1, -0.05) is 11.2 Å². The smallest absolute Gasteiger partial charge is 0.127 e. The average Bonchev–Trinajstić information content (AvgIpc) is 2.88. The molecular formula is C13H13N3O. The summed E-state index contributed by atoms with van der Waals surface area (Å²) in [6.45, 7) is 4.77. The zero-order valence-electron chi connectivity index (χ0n) is 9.84. The summed E-state index contributed by atoms with van der Waals surface area (Å²) in [6.07, 6.45) is 3.51. The first-order valence-corrected chi connectivity index (χ1v) is 5.55. The number of hydrogen-bond donors (Lipinski definition) is 0. The Balaban J connectivity index is 2.06. The lowest BCUT2D eigenvalue weighted by molar-refractivity contribution is 0.409. The van der Waals surface area contributed by atoms with Crippen molar-refractivity contribution in [2.24, 2.45) is 0 Å². The highest BCUT2D eigenvalue weighted by Crippen LogP contribution is 2.16. The molecule has 0 radical (unpaired) electrons. The van der Waals surface area contributed by atoms with Crippen molar-refractivity contribution in [3.05, 3.63) is 47.6 Å². The maximum atomic E-state index is 4.95. The van der Waals surface area contributed by atoms with E-state index in [1.807, 2.05) is 19.3 Å². The molecule has 0 aliphatic carbocycles. The summed E-state index contributed by atoms with van der Waals surface area (Å²) in [6, 6.07) is 6.25. The second-order valence-electron chi connectivity index (χ2n) is 4.31. The molecule has 0 unspecified atom stereocenters. The molecule has 0 bridgehead atoms. The monoisotopic (exact) mass is 227 g/mol. The number of aromatic nitrogens is 3. The number of nitrogens with zero attached hydrogens (tertiary/aromatic N) is 3. The van der Waals surface area contributed by atoms with E-state index in [2.05, 4.69) is 33.8 Å². The van der Waals surface area contributed by atoms with Crippen LogP contribution in [0, 0.1) is 13.8 Å². The molecule has 0 saturated heterocycles. The third kappa shape index (κ3) is 1.71. The van der Waals surface area contributed by atoms with Crippen LogP contribution in [-0.2, 0) is 6.54 Å². The molecule has 17 heavy (non-hydrogen) atoms. The lowest BCUT2D eigenvalue weighted by Gasteiger charge is -2.02. The van der Waals surface area contributed by atoms with Crippen LogP contribution in [-0.4, -0.2) is 14.7 Å². The molecular weight excluding hydrogens is 214 g/mol. The Labute approximate surface area is 98.9 Å². The molecule has 0 aliphatic rings. The zero-order valence-corrected chi connectivity index (χ0v) is 9.84. The van der Waals surface area contributed by atoms with E-state index in [9.17, 15) is 0 Å². The topological polar surface area (TPSA) is 43.9 Å². The van der Waals surface area contributed by atoms with Crippen molar-refractivity contribution in [1.82, 2.24) is 14.7 Å². The molecule has 3 aromatic rings. The first-order chi connectivity index (χ1) is 8.24. The molecule has 1 aromatic carbocycles. The summed E-state index contributed by atoms with van der Waals surface area (Å²) in [5, 5.41) is 4.00. The fraction of sp³-hybridized carbons (Fsp3) is 0.231. The highest BCUT2D eigenvalue weighted by atomic mass is 16.5. The van der Waals surface area contributed by atoms with Crippen LogP contribution in [0.25, 0.3) is 11.0 Å². The second kappa shape index (κ2) is 3.73. The third-order valence-electron chi connectivity index (χ3n) is 2.94. The number of rotatable bonds is 2. The van der Waals surface area contributed by atoms with Crippen molar-refractivity contribution in [3.8, 4) is 0 Å². The van der Waals surface area contributed by atoms with E-state index in [-0.39, 0.29) is 0 Å². The normalized spacial score (nSPS) is 11.2. The average molecular weight is 227 g/mol. The minimum atomic E-state index is 0.697. The Morgan fingerprint density at radius 1 is 1.29 bits per heavy atom. The van der Waals surface area contributed by atoms with Crippen molar-refractivity contribution in [1.29, 1.82) is 0 Å². The van der Waals surface area contributed by atoms with Crippen molar-refractivity contribution in [2.75, 3.05) is 0 Å². The van der Waals surface area contributed by atoms with E-state index in [4.69, 9.17) is 4.52 Å². The largest absolute Gasteiger partial charge is 0.364 e. The molecule has 0 atom stereocenters. The number of imidazole rings is 1. The maximum absolute atomic E-state index is 4.95. The van der Waals surface area contributed by atoms with Gasteiger partial charge in [0.15, 0.2) is 0 Å². The van der Waals surface area contributed by atoms with E-state index in [0.717, 1.165) is 22.3 Å². The summed E-state index contributed by atoms with van der Waals surface area (Å²) in [4.78, 5) is 4.37. The number of fused-ring (bicyclic) bond motifs is 1. The Kier molecular flexibility index (Phi) is 2.21. The van der Waals surface area contributed by atoms with E-state index < -0.39 is 0 Å². The van der Waals surface area contributed by atoms with Crippen LogP contribution in [0.2, 0.25) is 0 Å². The van der Waals surface area contributed by atoms with Gasteiger partial charge in [-0.3, -0.25) is 0 Å². The molecule has 0 N–H and O–H groups in total. The summed E-state index contributed by atoms with van der Waals surface area (Å²) in [7, 11) is 0. The fourth-order valence-corrected chi connectivity index (χ4v) is 1.92. The second-order valence-corrected chi connectivity index (χ2v) is 4.31. The Morgan fingerprint density at radius 2 is 2.18 bits per heavy atom. The molecule has 0 aliphatic heterocycles. The quantitative estimate of drug-likeness (QED) is 0.676. The molecule has 86 valence electrons. The molecule has 0 amide bonds. The zero-order chi connectivity index (χ0) is 11.8. The first kappa shape index (κ1) is 10.1. The number of aryl methyl sites for hydroxylation is 2. The van der Waals surface area contributed by atoms with Gasteiger partial charge in [0, 0.05) is 5.56 Å². The predicted molar refractivity (Wildman–Crippen MR) is 64.8 cm³/mol. The van der Waals surface area contributed by atoms with Crippen LogP contribution in [0.3, 0.4) is 0 Å².